The molecule has 3 aromatic rings. The van der Waals surface area contributed by atoms with Crippen LogP contribution in [-0.4, -0.2) is 12.8 Å². The molecule has 0 spiro atoms. The van der Waals surface area contributed by atoms with Crippen LogP contribution < -0.4 is 15.8 Å². The number of allylic oxidation sites excluding steroid dienone is 4. The molecule has 4 N–H and O–H groups in total. The smallest absolute Gasteiger partial charge is 0.123 e. The molecule has 0 aliphatic carbocycles. The summed E-state index contributed by atoms with van der Waals surface area (Å²) in [4.78, 5) is 0. The molecule has 188 valence electrons. The third kappa shape index (κ3) is 7.44. The van der Waals surface area contributed by atoms with Crippen molar-refractivity contribution in [2.24, 2.45) is 0 Å². The van der Waals surface area contributed by atoms with Gasteiger partial charge < -0.3 is 15.8 Å². The summed E-state index contributed by atoms with van der Waals surface area (Å²) in [7, 11) is 1.66. The molecule has 3 rings (SSSR count). The topological polar surface area (TPSA) is 71.1 Å². The SMILES string of the molecule is C=C(/C(=C/C)C(=N)c1cc(C)c(N)cc1C)c1ccc(F)cc1.C=C(CC)Nc1ccc(OC)cc1. The first-order valence-electron chi connectivity index (χ1n) is 11.8. The van der Waals surface area contributed by atoms with Crippen molar-refractivity contribution in [2.75, 3.05) is 18.2 Å². The third-order valence-electron chi connectivity index (χ3n) is 5.80. The van der Waals surface area contributed by atoms with E-state index >= 15 is 0 Å². The molecule has 0 aliphatic heterocycles. The molecule has 0 saturated carbocycles. The van der Waals surface area contributed by atoms with E-state index in [0.29, 0.717) is 11.3 Å². The van der Waals surface area contributed by atoms with Gasteiger partial charge in [-0.15, -0.1) is 0 Å². The lowest BCUT2D eigenvalue weighted by molar-refractivity contribution is 0.415. The maximum absolute atomic E-state index is 13.1. The summed E-state index contributed by atoms with van der Waals surface area (Å²) in [5, 5.41) is 11.8. The normalized spacial score (nSPS) is 10.7. The Morgan fingerprint density at radius 3 is 2.17 bits per heavy atom. The van der Waals surface area contributed by atoms with Gasteiger partial charge in [0, 0.05) is 28.2 Å². The number of nitrogens with one attached hydrogen (secondary N) is 2. The second kappa shape index (κ2) is 13.1. The van der Waals surface area contributed by atoms with Gasteiger partial charge in [0.05, 0.1) is 12.8 Å². The molecule has 0 unspecified atom stereocenters. The number of anilines is 2. The van der Waals surface area contributed by atoms with Crippen molar-refractivity contribution < 1.29 is 9.13 Å². The Morgan fingerprint density at radius 2 is 1.64 bits per heavy atom. The van der Waals surface area contributed by atoms with Crippen LogP contribution in [0.5, 0.6) is 5.75 Å². The zero-order chi connectivity index (χ0) is 26.8. The molecule has 0 aromatic heterocycles. The van der Waals surface area contributed by atoms with Crippen LogP contribution in [0.4, 0.5) is 15.8 Å². The first-order valence-corrected chi connectivity index (χ1v) is 11.8. The van der Waals surface area contributed by atoms with Gasteiger partial charge >= 0.3 is 0 Å². The van der Waals surface area contributed by atoms with Crippen LogP contribution >= 0.6 is 0 Å². The molecule has 3 aromatic carbocycles. The highest BCUT2D eigenvalue weighted by Gasteiger charge is 2.15. The summed E-state index contributed by atoms with van der Waals surface area (Å²) >= 11 is 0. The van der Waals surface area contributed by atoms with Crippen LogP contribution in [0.1, 0.15) is 42.5 Å². The molecule has 36 heavy (non-hydrogen) atoms. The number of nitrogen functional groups attached to an aromatic ring is 1. The average molecular weight is 486 g/mol. The van der Waals surface area contributed by atoms with Crippen LogP contribution in [-0.2, 0) is 0 Å². The summed E-state index contributed by atoms with van der Waals surface area (Å²) in [5.41, 5.74) is 14.0. The quantitative estimate of drug-likeness (QED) is 0.172. The van der Waals surface area contributed by atoms with Gasteiger partial charge in [-0.3, -0.25) is 5.41 Å². The van der Waals surface area contributed by atoms with Crippen molar-refractivity contribution in [3.63, 3.8) is 0 Å². The molecule has 0 saturated heterocycles. The van der Waals surface area contributed by atoms with Crippen LogP contribution in [0.25, 0.3) is 5.57 Å². The van der Waals surface area contributed by atoms with E-state index in [1.165, 1.54) is 12.1 Å². The Balaban J connectivity index is 0.000000297. The highest BCUT2D eigenvalue weighted by Crippen LogP contribution is 2.27. The van der Waals surface area contributed by atoms with Gasteiger partial charge in [-0.05, 0) is 98.0 Å². The van der Waals surface area contributed by atoms with Gasteiger partial charge in [0.1, 0.15) is 11.6 Å². The lowest BCUT2D eigenvalue weighted by Gasteiger charge is -2.16. The lowest BCUT2D eigenvalue weighted by atomic mass is 9.89. The fourth-order valence-electron chi connectivity index (χ4n) is 3.50. The molecule has 0 heterocycles. The third-order valence-corrected chi connectivity index (χ3v) is 5.80. The molecule has 4 nitrogen and oxygen atoms in total. The van der Waals surface area contributed by atoms with Crippen LogP contribution in [0, 0.1) is 25.1 Å². The number of methoxy groups -OCH3 is 1. The molecule has 0 radical (unpaired) electrons. The number of aryl methyl sites for hydroxylation is 2. The number of halogens is 1. The van der Waals surface area contributed by atoms with Crippen molar-refractivity contribution in [3.05, 3.63) is 119 Å². The van der Waals surface area contributed by atoms with Crippen molar-refractivity contribution in [1.82, 2.24) is 0 Å². The van der Waals surface area contributed by atoms with E-state index < -0.39 is 0 Å². The van der Waals surface area contributed by atoms with E-state index in [9.17, 15) is 4.39 Å². The number of benzene rings is 3. The fraction of sp³-hybridized carbons (Fsp3) is 0.194. The number of nitrogens with two attached hydrogens (primary N) is 1. The zero-order valence-electron chi connectivity index (χ0n) is 21.8. The van der Waals surface area contributed by atoms with Gasteiger partial charge in [0.25, 0.3) is 0 Å². The second-order valence-corrected chi connectivity index (χ2v) is 8.40. The van der Waals surface area contributed by atoms with Gasteiger partial charge in [-0.25, -0.2) is 4.39 Å². The first kappa shape index (κ1) is 28.1. The van der Waals surface area contributed by atoms with Crippen molar-refractivity contribution >= 4 is 22.7 Å². The highest BCUT2D eigenvalue weighted by atomic mass is 19.1. The molecule has 0 bridgehead atoms. The number of hydrogen-bond acceptors (Lipinski definition) is 4. The second-order valence-electron chi connectivity index (χ2n) is 8.40. The van der Waals surface area contributed by atoms with Crippen LogP contribution in [0.15, 0.2) is 91.2 Å². The predicted molar refractivity (Wildman–Crippen MR) is 152 cm³/mol. The van der Waals surface area contributed by atoms with E-state index in [1.54, 1.807) is 19.2 Å². The number of ether oxygens (including phenoxy) is 1. The van der Waals surface area contributed by atoms with Crippen molar-refractivity contribution in [1.29, 1.82) is 5.41 Å². The monoisotopic (exact) mass is 485 g/mol. The van der Waals surface area contributed by atoms with E-state index in [1.807, 2.05) is 63.2 Å². The van der Waals surface area contributed by atoms with Gasteiger partial charge in [0.2, 0.25) is 0 Å². The number of rotatable bonds is 8. The summed E-state index contributed by atoms with van der Waals surface area (Å²) in [6.07, 6.45) is 2.80. The Bertz CT molecular complexity index is 1260. The molecular formula is C31H36FN3O. The zero-order valence-corrected chi connectivity index (χ0v) is 21.8. The summed E-state index contributed by atoms with van der Waals surface area (Å²) in [6.45, 7) is 15.8. The Hall–Kier alpha value is -4.12. The van der Waals surface area contributed by atoms with Crippen LogP contribution in [0.2, 0.25) is 0 Å². The van der Waals surface area contributed by atoms with Crippen LogP contribution in [0.3, 0.4) is 0 Å². The maximum atomic E-state index is 13.1. The minimum atomic E-state index is -0.288. The standard InChI is InChI=1S/C20H21FN2.C11H15NO/c1-5-17(14(4)15-6-8-16(21)9-7-15)20(23)18-10-13(3)19(22)11-12(18)2;1-4-9(2)12-10-5-7-11(13-3)8-6-10/h5-11,23H,4,22H2,1-3H3;5-8,12H,2,4H2,1,3H3/b17-5-,23-20?;. The lowest BCUT2D eigenvalue weighted by Crippen LogP contribution is -2.08. The first-order chi connectivity index (χ1) is 17.1. The Morgan fingerprint density at radius 1 is 1.03 bits per heavy atom. The number of hydrogen-bond donors (Lipinski definition) is 3. The van der Waals surface area contributed by atoms with Crippen molar-refractivity contribution in [2.45, 2.75) is 34.1 Å². The summed E-state index contributed by atoms with van der Waals surface area (Å²) in [5.74, 6) is 0.580. The fourth-order valence-corrected chi connectivity index (χ4v) is 3.50. The van der Waals surface area contributed by atoms with E-state index in [0.717, 1.165) is 57.1 Å². The Labute approximate surface area is 214 Å². The molecule has 0 aliphatic rings. The van der Waals surface area contributed by atoms with E-state index in [2.05, 4.69) is 25.4 Å². The summed E-state index contributed by atoms with van der Waals surface area (Å²) in [6, 6.07) is 17.7. The van der Waals surface area contributed by atoms with E-state index in [4.69, 9.17) is 15.9 Å². The maximum Gasteiger partial charge on any atom is 0.123 e. The minimum absolute atomic E-state index is 0.288. The Kier molecular flexibility index (Phi) is 10.2. The predicted octanol–water partition coefficient (Wildman–Crippen LogP) is 8.08. The molecule has 5 heteroatoms. The molecule has 0 amide bonds. The highest BCUT2D eigenvalue weighted by molar-refractivity contribution is 6.20. The molecule has 0 atom stereocenters. The minimum Gasteiger partial charge on any atom is -0.497 e. The summed E-state index contributed by atoms with van der Waals surface area (Å²) < 4.78 is 18.1. The van der Waals surface area contributed by atoms with E-state index in [-0.39, 0.29) is 5.82 Å². The van der Waals surface area contributed by atoms with Gasteiger partial charge in [-0.1, -0.05) is 38.3 Å². The van der Waals surface area contributed by atoms with Crippen molar-refractivity contribution in [3.8, 4) is 5.75 Å². The average Bonchev–Trinajstić information content (AvgIpc) is 2.87. The van der Waals surface area contributed by atoms with Gasteiger partial charge in [0.15, 0.2) is 0 Å². The molecular weight excluding hydrogens is 449 g/mol. The van der Waals surface area contributed by atoms with Gasteiger partial charge in [-0.2, -0.15) is 0 Å². The molecule has 0 fully saturated rings. The largest absolute Gasteiger partial charge is 0.497 e.